The fraction of sp³-hybridized carbons (Fsp3) is 0.300. The number of ether oxygens (including phenoxy) is 1. The van der Waals surface area contributed by atoms with Gasteiger partial charge in [0, 0.05) is 11.6 Å². The molecule has 0 amide bonds. The molecule has 1 aliphatic heterocycles. The van der Waals surface area contributed by atoms with Gasteiger partial charge >= 0.3 is 0 Å². The lowest BCUT2D eigenvalue weighted by atomic mass is 10.0. The average molecular weight is 416 g/mol. The molecule has 0 radical (unpaired) electrons. The van der Waals surface area contributed by atoms with E-state index in [1.54, 1.807) is 30.8 Å². The molecule has 8 nitrogen and oxygen atoms in total. The van der Waals surface area contributed by atoms with Crippen LogP contribution in [0.2, 0.25) is 0 Å². The van der Waals surface area contributed by atoms with E-state index in [-0.39, 0.29) is 23.3 Å². The first-order valence-electron chi connectivity index (χ1n) is 9.05. The van der Waals surface area contributed by atoms with Gasteiger partial charge in [0.25, 0.3) is 0 Å². The molecule has 152 valence electrons. The quantitative estimate of drug-likeness (QED) is 0.696. The lowest BCUT2D eigenvalue weighted by Crippen LogP contribution is -2.13. The Kier molecular flexibility index (Phi) is 4.70. The second kappa shape index (κ2) is 7.07. The fourth-order valence-electron chi connectivity index (χ4n) is 3.60. The summed E-state index contributed by atoms with van der Waals surface area (Å²) in [6.45, 7) is 1.62. The van der Waals surface area contributed by atoms with Crippen LogP contribution in [0.1, 0.15) is 18.2 Å². The lowest BCUT2D eigenvalue weighted by Gasteiger charge is -2.15. The summed E-state index contributed by atoms with van der Waals surface area (Å²) in [7, 11) is -1.57. The number of methoxy groups -OCH3 is 1. The largest absolute Gasteiger partial charge is 0.502 e. The topological polar surface area (TPSA) is 112 Å². The Balaban J connectivity index is 1.94. The summed E-state index contributed by atoms with van der Waals surface area (Å²) >= 11 is 0. The molecule has 2 aromatic heterocycles. The number of aromatic nitrogens is 2. The van der Waals surface area contributed by atoms with Gasteiger partial charge in [0.15, 0.2) is 15.6 Å². The van der Waals surface area contributed by atoms with Crippen LogP contribution < -0.4 is 10.2 Å². The highest BCUT2D eigenvalue weighted by atomic mass is 32.2. The monoisotopic (exact) mass is 416 g/mol. The molecule has 3 aromatic rings. The minimum atomic E-state index is -3.13. The summed E-state index contributed by atoms with van der Waals surface area (Å²) in [5.74, 6) is 0.590. The summed E-state index contributed by atoms with van der Waals surface area (Å²) in [4.78, 5) is 12.1. The smallest absolute Gasteiger partial charge is 0.227 e. The van der Waals surface area contributed by atoms with Gasteiger partial charge in [-0.3, -0.25) is 9.48 Å². The van der Waals surface area contributed by atoms with Gasteiger partial charge in [-0.15, -0.1) is 0 Å². The molecule has 1 saturated heterocycles. The Hall–Kier alpha value is -3.07. The number of benzene rings is 1. The number of nitrogens with zero attached hydrogens (tertiary/aromatic N) is 2. The van der Waals surface area contributed by atoms with Crippen LogP contribution in [-0.2, 0) is 9.84 Å². The van der Waals surface area contributed by atoms with Gasteiger partial charge in [0.1, 0.15) is 11.5 Å². The van der Waals surface area contributed by atoms with Crippen molar-refractivity contribution in [3.8, 4) is 34.1 Å². The zero-order valence-corrected chi connectivity index (χ0v) is 16.8. The Morgan fingerprint density at radius 1 is 1.28 bits per heavy atom. The molecule has 0 aliphatic carbocycles. The summed E-state index contributed by atoms with van der Waals surface area (Å²) in [6.07, 6.45) is 1.93. The van der Waals surface area contributed by atoms with Crippen LogP contribution in [0.4, 0.5) is 0 Å². The van der Waals surface area contributed by atoms with Crippen molar-refractivity contribution in [3.63, 3.8) is 0 Å². The van der Waals surface area contributed by atoms with Crippen molar-refractivity contribution in [2.24, 2.45) is 0 Å². The van der Waals surface area contributed by atoms with Gasteiger partial charge in [-0.05, 0) is 37.6 Å². The molecule has 9 heteroatoms. The van der Waals surface area contributed by atoms with E-state index < -0.39 is 21.0 Å². The number of hydrogen-bond donors (Lipinski definition) is 1. The van der Waals surface area contributed by atoms with E-state index in [1.165, 1.54) is 12.3 Å². The molecule has 3 heterocycles. The van der Waals surface area contributed by atoms with Crippen molar-refractivity contribution in [2.75, 3.05) is 18.6 Å². The number of rotatable bonds is 4. The first-order chi connectivity index (χ1) is 13.8. The van der Waals surface area contributed by atoms with Crippen molar-refractivity contribution < 1.29 is 22.7 Å². The number of sulfone groups is 1. The highest BCUT2D eigenvalue weighted by Crippen LogP contribution is 2.39. The van der Waals surface area contributed by atoms with E-state index in [9.17, 15) is 18.3 Å². The van der Waals surface area contributed by atoms with Crippen molar-refractivity contribution >= 4 is 9.84 Å². The van der Waals surface area contributed by atoms with Crippen LogP contribution in [-0.4, -0.2) is 41.9 Å². The normalized spacial score (nSPS) is 18.1. The van der Waals surface area contributed by atoms with Crippen molar-refractivity contribution in [1.82, 2.24) is 9.78 Å². The minimum absolute atomic E-state index is 0.00734. The molecule has 1 atom stereocenters. The van der Waals surface area contributed by atoms with E-state index >= 15 is 0 Å². The lowest BCUT2D eigenvalue weighted by molar-refractivity contribution is 0.415. The van der Waals surface area contributed by atoms with Crippen LogP contribution >= 0.6 is 0 Å². The van der Waals surface area contributed by atoms with Crippen LogP contribution in [0.25, 0.3) is 22.6 Å². The van der Waals surface area contributed by atoms with Crippen LogP contribution in [0.5, 0.6) is 11.5 Å². The molecular formula is C20H20N2O6S. The number of hydrogen-bond acceptors (Lipinski definition) is 7. The second-order valence-electron chi connectivity index (χ2n) is 7.04. The standard InChI is InChI=1S/C20H20N2O6S/c1-12-9-17(23)19(24)20(28-12)16-10-21-22(14-7-8-29(25,26)11-14)18(16)13-3-5-15(27-2)6-4-13/h3-6,9-10,14,24H,7-8,11H2,1-2H3. The van der Waals surface area contributed by atoms with Crippen LogP contribution in [0.3, 0.4) is 0 Å². The maximum Gasteiger partial charge on any atom is 0.227 e. The molecule has 1 N–H and O–H groups in total. The van der Waals surface area contributed by atoms with Crippen molar-refractivity contribution in [3.05, 3.63) is 52.5 Å². The highest BCUT2D eigenvalue weighted by molar-refractivity contribution is 7.91. The fourth-order valence-corrected chi connectivity index (χ4v) is 5.29. The van der Waals surface area contributed by atoms with Crippen LogP contribution in [0, 0.1) is 6.92 Å². The molecule has 1 unspecified atom stereocenters. The van der Waals surface area contributed by atoms with Gasteiger partial charge in [-0.1, -0.05) is 0 Å². The third kappa shape index (κ3) is 3.53. The number of aromatic hydroxyl groups is 1. The van der Waals surface area contributed by atoms with Gasteiger partial charge in [-0.25, -0.2) is 8.42 Å². The Morgan fingerprint density at radius 3 is 2.62 bits per heavy atom. The van der Waals surface area contributed by atoms with Crippen LogP contribution in [0.15, 0.2) is 45.7 Å². The van der Waals surface area contributed by atoms with E-state index in [1.807, 2.05) is 12.1 Å². The summed E-state index contributed by atoms with van der Waals surface area (Å²) in [6, 6.07) is 8.03. The SMILES string of the molecule is COc1ccc(-c2c(-c3oc(C)cc(=O)c3O)cnn2C2CCS(=O)(=O)C2)cc1. The van der Waals surface area contributed by atoms with E-state index in [4.69, 9.17) is 9.15 Å². The molecule has 0 bridgehead atoms. The van der Waals surface area contributed by atoms with Gasteiger partial charge in [0.05, 0.1) is 42.1 Å². The first kappa shape index (κ1) is 19.3. The molecule has 29 heavy (non-hydrogen) atoms. The predicted molar refractivity (Wildman–Crippen MR) is 107 cm³/mol. The first-order valence-corrected chi connectivity index (χ1v) is 10.9. The van der Waals surface area contributed by atoms with E-state index in [0.29, 0.717) is 29.2 Å². The van der Waals surface area contributed by atoms with Gasteiger partial charge < -0.3 is 14.3 Å². The molecular weight excluding hydrogens is 396 g/mol. The van der Waals surface area contributed by atoms with Crippen molar-refractivity contribution in [1.29, 1.82) is 0 Å². The summed E-state index contributed by atoms with van der Waals surface area (Å²) in [5, 5.41) is 14.7. The summed E-state index contributed by atoms with van der Waals surface area (Å²) < 4.78 is 36.5. The van der Waals surface area contributed by atoms with E-state index in [2.05, 4.69) is 5.10 Å². The average Bonchev–Trinajstić information content (AvgIpc) is 3.27. The highest BCUT2D eigenvalue weighted by Gasteiger charge is 2.33. The molecule has 1 aliphatic rings. The van der Waals surface area contributed by atoms with Gasteiger partial charge in [0.2, 0.25) is 11.2 Å². The second-order valence-corrected chi connectivity index (χ2v) is 9.26. The van der Waals surface area contributed by atoms with E-state index in [0.717, 1.165) is 5.56 Å². The molecule has 0 saturated carbocycles. The maximum absolute atomic E-state index is 12.1. The van der Waals surface area contributed by atoms with Crippen molar-refractivity contribution in [2.45, 2.75) is 19.4 Å². The Bertz CT molecular complexity index is 1220. The predicted octanol–water partition coefficient (Wildman–Crippen LogP) is 2.55. The minimum Gasteiger partial charge on any atom is -0.502 e. The zero-order chi connectivity index (χ0) is 20.8. The Morgan fingerprint density at radius 2 is 2.00 bits per heavy atom. The maximum atomic E-state index is 12.1. The molecule has 4 rings (SSSR count). The molecule has 0 spiro atoms. The third-order valence-electron chi connectivity index (χ3n) is 5.00. The molecule has 1 aromatic carbocycles. The third-order valence-corrected chi connectivity index (χ3v) is 6.75. The van der Waals surface area contributed by atoms with Gasteiger partial charge in [-0.2, -0.15) is 5.10 Å². The number of aryl methyl sites for hydroxylation is 1. The summed E-state index contributed by atoms with van der Waals surface area (Å²) in [5.41, 5.74) is 1.16. The molecule has 1 fully saturated rings. The Labute approximate surface area is 167 Å². The zero-order valence-electron chi connectivity index (χ0n) is 16.0.